The van der Waals surface area contributed by atoms with Crippen molar-refractivity contribution < 1.29 is 14.4 Å². The fourth-order valence-corrected chi connectivity index (χ4v) is 4.25. The Hall–Kier alpha value is -2.73. The van der Waals surface area contributed by atoms with Gasteiger partial charge in [-0.25, -0.2) is 0 Å². The average Bonchev–Trinajstić information content (AvgIpc) is 2.74. The van der Waals surface area contributed by atoms with Crippen LogP contribution in [0.1, 0.15) is 46.4 Å². The number of nitrogens with zero attached hydrogens (tertiary/aromatic N) is 2. The molecule has 2 aliphatic heterocycles. The molecule has 28 heavy (non-hydrogen) atoms. The molecule has 1 fully saturated rings. The molecular formula is C22H25N3O3. The van der Waals surface area contributed by atoms with E-state index in [0.717, 1.165) is 36.7 Å². The highest BCUT2D eigenvalue weighted by Crippen LogP contribution is 2.30. The molecule has 2 heterocycles. The van der Waals surface area contributed by atoms with Gasteiger partial charge < -0.3 is 10.2 Å². The highest BCUT2D eigenvalue weighted by Gasteiger charge is 2.32. The molecule has 0 aromatic heterocycles. The predicted octanol–water partition coefficient (Wildman–Crippen LogP) is 2.43. The van der Waals surface area contributed by atoms with Crippen LogP contribution >= 0.6 is 0 Å². The van der Waals surface area contributed by atoms with E-state index in [9.17, 15) is 14.4 Å². The van der Waals surface area contributed by atoms with Gasteiger partial charge in [0.1, 0.15) is 0 Å². The van der Waals surface area contributed by atoms with Crippen molar-refractivity contribution in [2.45, 2.75) is 31.7 Å². The Labute approximate surface area is 164 Å². The summed E-state index contributed by atoms with van der Waals surface area (Å²) >= 11 is 0. The molecule has 1 N–H and O–H groups in total. The lowest BCUT2D eigenvalue weighted by Crippen LogP contribution is -2.44. The third kappa shape index (κ3) is 3.29. The molecule has 0 radical (unpaired) electrons. The zero-order valence-corrected chi connectivity index (χ0v) is 16.1. The maximum atomic E-state index is 12.9. The first kappa shape index (κ1) is 18.6. The summed E-state index contributed by atoms with van der Waals surface area (Å²) in [5.74, 6) is -0.465. The van der Waals surface area contributed by atoms with Crippen LogP contribution < -0.4 is 5.32 Å². The molecule has 6 heteroatoms. The summed E-state index contributed by atoms with van der Waals surface area (Å²) in [7, 11) is 1.85. The molecule has 146 valence electrons. The van der Waals surface area contributed by atoms with Gasteiger partial charge in [0.15, 0.2) is 0 Å². The largest absolute Gasteiger partial charge is 0.343 e. The molecule has 1 saturated heterocycles. The van der Waals surface area contributed by atoms with Crippen LogP contribution in [-0.4, -0.2) is 60.2 Å². The Balaban J connectivity index is 1.42. The minimum absolute atomic E-state index is 0.0753. The Morgan fingerprint density at radius 3 is 2.29 bits per heavy atom. The molecule has 0 unspecified atom stereocenters. The number of hydrogen-bond donors (Lipinski definition) is 1. The summed E-state index contributed by atoms with van der Waals surface area (Å²) in [5, 5.41) is 4.93. The summed E-state index contributed by atoms with van der Waals surface area (Å²) in [6.45, 7) is 2.13. The highest BCUT2D eigenvalue weighted by molar-refractivity contribution is 6.25. The molecule has 0 spiro atoms. The Bertz CT molecular complexity index is 883. The van der Waals surface area contributed by atoms with Crippen LogP contribution in [0.4, 0.5) is 0 Å². The fraction of sp³-hybridized carbons (Fsp3) is 0.409. The lowest BCUT2D eigenvalue weighted by atomic mass is 9.94. The van der Waals surface area contributed by atoms with Crippen molar-refractivity contribution in [1.82, 2.24) is 15.1 Å². The second-order valence-corrected chi connectivity index (χ2v) is 7.56. The lowest BCUT2D eigenvalue weighted by Gasteiger charge is -2.32. The zero-order chi connectivity index (χ0) is 19.7. The van der Waals surface area contributed by atoms with Crippen molar-refractivity contribution in [2.75, 3.05) is 26.7 Å². The van der Waals surface area contributed by atoms with Gasteiger partial charge in [-0.05, 0) is 49.9 Å². The Morgan fingerprint density at radius 2 is 1.68 bits per heavy atom. The van der Waals surface area contributed by atoms with E-state index in [1.54, 1.807) is 12.1 Å². The second kappa shape index (κ2) is 7.72. The second-order valence-electron chi connectivity index (χ2n) is 7.56. The minimum Gasteiger partial charge on any atom is -0.343 e. The van der Waals surface area contributed by atoms with Gasteiger partial charge in [0.05, 0.1) is 0 Å². The first-order valence-corrected chi connectivity index (χ1v) is 9.92. The number of rotatable bonds is 5. The molecule has 3 amide bonds. The summed E-state index contributed by atoms with van der Waals surface area (Å²) < 4.78 is 0. The fourth-order valence-electron chi connectivity index (χ4n) is 4.25. The number of imide groups is 1. The quantitative estimate of drug-likeness (QED) is 0.810. The summed E-state index contributed by atoms with van der Waals surface area (Å²) in [4.78, 5) is 41.4. The number of hydrogen-bond acceptors (Lipinski definition) is 4. The van der Waals surface area contributed by atoms with E-state index in [1.807, 2.05) is 36.2 Å². The van der Waals surface area contributed by atoms with Crippen LogP contribution in [0.5, 0.6) is 0 Å². The normalized spacial score (nSPS) is 17.2. The van der Waals surface area contributed by atoms with Crippen LogP contribution in [-0.2, 0) is 4.79 Å². The SMILES string of the molecule is CN(C(=O)CCCN1C(=O)c2cccc3cccc(c23)C1=O)C1CCNCC1. The number of nitrogens with one attached hydrogen (secondary N) is 1. The number of benzene rings is 2. The monoisotopic (exact) mass is 379 g/mol. The zero-order valence-electron chi connectivity index (χ0n) is 16.1. The van der Waals surface area contributed by atoms with E-state index in [1.165, 1.54) is 4.90 Å². The summed E-state index contributed by atoms with van der Waals surface area (Å²) in [5.41, 5.74) is 1.12. The van der Waals surface area contributed by atoms with E-state index in [0.29, 0.717) is 24.0 Å². The van der Waals surface area contributed by atoms with Gasteiger partial charge in [-0.3, -0.25) is 19.3 Å². The summed E-state index contributed by atoms with van der Waals surface area (Å²) in [6, 6.07) is 11.3. The molecule has 2 aromatic carbocycles. The first-order valence-electron chi connectivity index (χ1n) is 9.92. The van der Waals surface area contributed by atoms with Gasteiger partial charge >= 0.3 is 0 Å². The number of amides is 3. The van der Waals surface area contributed by atoms with Crippen molar-refractivity contribution in [3.63, 3.8) is 0 Å². The van der Waals surface area contributed by atoms with Crippen molar-refractivity contribution in [1.29, 1.82) is 0 Å². The molecular weight excluding hydrogens is 354 g/mol. The van der Waals surface area contributed by atoms with Crippen LogP contribution in [0.15, 0.2) is 36.4 Å². The first-order chi connectivity index (χ1) is 13.6. The van der Waals surface area contributed by atoms with Crippen LogP contribution in [0.25, 0.3) is 10.8 Å². The van der Waals surface area contributed by atoms with Crippen molar-refractivity contribution in [3.8, 4) is 0 Å². The van der Waals surface area contributed by atoms with E-state index in [4.69, 9.17) is 0 Å². The Morgan fingerprint density at radius 1 is 1.07 bits per heavy atom. The van der Waals surface area contributed by atoms with Gasteiger partial charge in [-0.1, -0.05) is 24.3 Å². The van der Waals surface area contributed by atoms with Crippen molar-refractivity contribution in [3.05, 3.63) is 47.5 Å². The molecule has 0 saturated carbocycles. The molecule has 0 aliphatic carbocycles. The number of carbonyl (C=O) groups excluding carboxylic acids is 3. The molecule has 6 nitrogen and oxygen atoms in total. The third-order valence-electron chi connectivity index (χ3n) is 5.88. The molecule has 2 aromatic rings. The summed E-state index contributed by atoms with van der Waals surface area (Å²) in [6.07, 6.45) is 2.74. The number of carbonyl (C=O) groups is 3. The average molecular weight is 379 g/mol. The van der Waals surface area contributed by atoms with E-state index < -0.39 is 0 Å². The van der Waals surface area contributed by atoms with Crippen molar-refractivity contribution >= 4 is 28.5 Å². The minimum atomic E-state index is -0.270. The van der Waals surface area contributed by atoms with Crippen LogP contribution in [0.3, 0.4) is 0 Å². The van der Waals surface area contributed by atoms with Gasteiger partial charge in [0, 0.05) is 42.6 Å². The van der Waals surface area contributed by atoms with Crippen molar-refractivity contribution in [2.24, 2.45) is 0 Å². The van der Waals surface area contributed by atoms with Gasteiger partial charge in [0.2, 0.25) is 5.91 Å². The third-order valence-corrected chi connectivity index (χ3v) is 5.88. The van der Waals surface area contributed by atoms with E-state index in [-0.39, 0.29) is 30.3 Å². The highest BCUT2D eigenvalue weighted by atomic mass is 16.2. The number of piperidine rings is 1. The van der Waals surface area contributed by atoms with E-state index in [2.05, 4.69) is 5.32 Å². The topological polar surface area (TPSA) is 69.7 Å². The molecule has 2 aliphatic rings. The maximum Gasteiger partial charge on any atom is 0.261 e. The molecule has 4 rings (SSSR count). The molecule has 0 bridgehead atoms. The maximum absolute atomic E-state index is 12.9. The van der Waals surface area contributed by atoms with E-state index >= 15 is 0 Å². The Kier molecular flexibility index (Phi) is 5.13. The van der Waals surface area contributed by atoms with Gasteiger partial charge in [0.25, 0.3) is 11.8 Å². The van der Waals surface area contributed by atoms with Gasteiger partial charge in [-0.2, -0.15) is 0 Å². The predicted molar refractivity (Wildman–Crippen MR) is 107 cm³/mol. The smallest absolute Gasteiger partial charge is 0.261 e. The molecule has 0 atom stereocenters. The van der Waals surface area contributed by atoms with Gasteiger partial charge in [-0.15, -0.1) is 0 Å². The van der Waals surface area contributed by atoms with Crippen LogP contribution in [0.2, 0.25) is 0 Å². The van der Waals surface area contributed by atoms with Crippen LogP contribution in [0, 0.1) is 0 Å². The lowest BCUT2D eigenvalue weighted by molar-refractivity contribution is -0.132. The standard InChI is InChI=1S/C22H25N3O3/c1-24(16-10-12-23-13-11-16)19(26)9-4-14-25-21(27)17-7-2-5-15-6-3-8-18(20(15)17)22(25)28/h2-3,5-8,16,23H,4,9-14H2,1H3.